The molecule has 27 heavy (non-hydrogen) atoms. The van der Waals surface area contributed by atoms with Gasteiger partial charge in [0.1, 0.15) is 0 Å². The van der Waals surface area contributed by atoms with E-state index in [1.165, 1.54) is 29.3 Å². The molecule has 1 heterocycles. The minimum absolute atomic E-state index is 0.0871. The van der Waals surface area contributed by atoms with Crippen LogP contribution in [0.5, 0.6) is 0 Å². The first-order chi connectivity index (χ1) is 12.8. The minimum atomic E-state index is -3.39. The number of sulfone groups is 1. The summed E-state index contributed by atoms with van der Waals surface area (Å²) < 4.78 is 23.3. The summed E-state index contributed by atoms with van der Waals surface area (Å²) >= 11 is 6.06. The van der Waals surface area contributed by atoms with E-state index >= 15 is 0 Å². The Kier molecular flexibility index (Phi) is 6.19. The monoisotopic (exact) mass is 406 g/mol. The Morgan fingerprint density at radius 1 is 1.19 bits per heavy atom. The van der Waals surface area contributed by atoms with Crippen molar-refractivity contribution in [1.29, 1.82) is 0 Å². The molecule has 1 amide bonds. The topological polar surface area (TPSA) is 66.5 Å². The standard InChI is InChI=1S/C20H23ClN2O3S/c1-27(25,26)17-7-8-19(21)18(13-17)20(24)22-10-4-11-23-12-9-15-5-2-3-6-16(15)14-23/h2-3,5-8,13H,4,9-12,14H2,1H3,(H,22,24). The fourth-order valence-corrected chi connectivity index (χ4v) is 4.10. The number of amides is 1. The Hall–Kier alpha value is -1.89. The third-order valence-electron chi connectivity index (χ3n) is 4.76. The van der Waals surface area contributed by atoms with Gasteiger partial charge in [-0.3, -0.25) is 9.69 Å². The smallest absolute Gasteiger partial charge is 0.252 e. The Morgan fingerprint density at radius 2 is 1.93 bits per heavy atom. The lowest BCUT2D eigenvalue weighted by Gasteiger charge is -2.28. The molecule has 1 aliphatic heterocycles. The molecule has 0 saturated carbocycles. The highest BCUT2D eigenvalue weighted by Gasteiger charge is 2.17. The summed E-state index contributed by atoms with van der Waals surface area (Å²) in [7, 11) is -3.39. The van der Waals surface area contributed by atoms with Gasteiger partial charge in [-0.2, -0.15) is 0 Å². The largest absolute Gasteiger partial charge is 0.352 e. The number of fused-ring (bicyclic) bond motifs is 1. The Balaban J connectivity index is 1.51. The molecule has 144 valence electrons. The Bertz CT molecular complexity index is 944. The van der Waals surface area contributed by atoms with Crippen LogP contribution in [0.1, 0.15) is 27.9 Å². The van der Waals surface area contributed by atoms with Crippen LogP contribution in [-0.4, -0.2) is 45.1 Å². The number of nitrogens with one attached hydrogen (secondary N) is 1. The van der Waals surface area contributed by atoms with Crippen molar-refractivity contribution in [1.82, 2.24) is 10.2 Å². The first-order valence-electron chi connectivity index (χ1n) is 8.91. The number of carbonyl (C=O) groups is 1. The average molecular weight is 407 g/mol. The number of hydrogen-bond donors (Lipinski definition) is 1. The molecule has 0 aromatic heterocycles. The van der Waals surface area contributed by atoms with E-state index in [1.54, 1.807) is 0 Å². The summed E-state index contributed by atoms with van der Waals surface area (Å²) in [6.45, 7) is 3.36. The van der Waals surface area contributed by atoms with Crippen molar-refractivity contribution in [2.24, 2.45) is 0 Å². The predicted octanol–water partition coefficient (Wildman–Crippen LogP) is 2.92. The van der Waals surface area contributed by atoms with Gasteiger partial charge in [0, 0.05) is 32.4 Å². The quantitative estimate of drug-likeness (QED) is 0.749. The fourth-order valence-electron chi connectivity index (χ4n) is 3.25. The van der Waals surface area contributed by atoms with Crippen molar-refractivity contribution < 1.29 is 13.2 Å². The number of halogens is 1. The first-order valence-corrected chi connectivity index (χ1v) is 11.2. The molecule has 3 rings (SSSR count). The van der Waals surface area contributed by atoms with Gasteiger partial charge in [-0.15, -0.1) is 0 Å². The van der Waals surface area contributed by atoms with Crippen molar-refractivity contribution in [2.45, 2.75) is 24.3 Å². The van der Waals surface area contributed by atoms with E-state index < -0.39 is 9.84 Å². The zero-order chi connectivity index (χ0) is 19.4. The Morgan fingerprint density at radius 3 is 2.67 bits per heavy atom. The van der Waals surface area contributed by atoms with Crippen molar-refractivity contribution in [3.8, 4) is 0 Å². The molecule has 7 heteroatoms. The lowest BCUT2D eigenvalue weighted by Crippen LogP contribution is -2.33. The van der Waals surface area contributed by atoms with Crippen LogP contribution in [0.15, 0.2) is 47.4 Å². The van der Waals surface area contributed by atoms with Gasteiger partial charge in [-0.1, -0.05) is 35.9 Å². The van der Waals surface area contributed by atoms with Crippen molar-refractivity contribution >= 4 is 27.3 Å². The fraction of sp³-hybridized carbons (Fsp3) is 0.350. The third kappa shape index (κ3) is 5.09. The highest BCUT2D eigenvalue weighted by Crippen LogP contribution is 2.21. The second-order valence-corrected chi connectivity index (χ2v) is 9.24. The van der Waals surface area contributed by atoms with Crippen LogP contribution in [0.2, 0.25) is 5.02 Å². The third-order valence-corrected chi connectivity index (χ3v) is 6.20. The van der Waals surface area contributed by atoms with Crippen LogP contribution in [0, 0.1) is 0 Å². The van der Waals surface area contributed by atoms with E-state index in [2.05, 4.69) is 34.5 Å². The molecule has 0 unspecified atom stereocenters. The average Bonchev–Trinajstić information content (AvgIpc) is 2.64. The molecule has 0 atom stereocenters. The molecule has 0 aliphatic carbocycles. The molecule has 0 bridgehead atoms. The number of benzene rings is 2. The second kappa shape index (κ2) is 8.42. The van der Waals surface area contributed by atoms with Crippen molar-refractivity contribution in [3.63, 3.8) is 0 Å². The lowest BCUT2D eigenvalue weighted by atomic mass is 10.00. The molecular weight excluding hydrogens is 384 g/mol. The molecule has 5 nitrogen and oxygen atoms in total. The Labute approximate surface area is 165 Å². The zero-order valence-electron chi connectivity index (χ0n) is 15.2. The van der Waals surface area contributed by atoms with Crippen LogP contribution in [0.4, 0.5) is 0 Å². The maximum atomic E-state index is 12.4. The number of hydrogen-bond acceptors (Lipinski definition) is 4. The van der Waals surface area contributed by atoms with E-state index in [1.807, 2.05) is 0 Å². The SMILES string of the molecule is CS(=O)(=O)c1ccc(Cl)c(C(=O)NCCCN2CCc3ccccc3C2)c1. The van der Waals surface area contributed by atoms with Crippen LogP contribution in [0.25, 0.3) is 0 Å². The van der Waals surface area contributed by atoms with Crippen LogP contribution in [-0.2, 0) is 22.8 Å². The second-order valence-electron chi connectivity index (χ2n) is 6.82. The van der Waals surface area contributed by atoms with Gasteiger partial charge in [0.05, 0.1) is 15.5 Å². The normalized spacial score (nSPS) is 14.6. The lowest BCUT2D eigenvalue weighted by molar-refractivity contribution is 0.0951. The van der Waals surface area contributed by atoms with E-state index in [4.69, 9.17) is 11.6 Å². The first kappa shape index (κ1) is 19.9. The molecule has 0 spiro atoms. The van der Waals surface area contributed by atoms with Crippen molar-refractivity contribution in [2.75, 3.05) is 25.9 Å². The summed E-state index contributed by atoms with van der Waals surface area (Å²) in [4.78, 5) is 14.8. The van der Waals surface area contributed by atoms with Crippen LogP contribution >= 0.6 is 11.6 Å². The highest BCUT2D eigenvalue weighted by atomic mass is 35.5. The molecule has 0 radical (unpaired) electrons. The van der Waals surface area contributed by atoms with Gasteiger partial charge >= 0.3 is 0 Å². The van der Waals surface area contributed by atoms with Gasteiger partial charge in [0.25, 0.3) is 5.91 Å². The summed E-state index contributed by atoms with van der Waals surface area (Å²) in [5.74, 6) is -0.352. The molecular formula is C20H23ClN2O3S. The molecule has 1 N–H and O–H groups in total. The molecule has 2 aromatic carbocycles. The maximum Gasteiger partial charge on any atom is 0.252 e. The van der Waals surface area contributed by atoms with E-state index in [9.17, 15) is 13.2 Å². The van der Waals surface area contributed by atoms with Gasteiger partial charge in [-0.05, 0) is 42.2 Å². The zero-order valence-corrected chi connectivity index (χ0v) is 16.8. The van der Waals surface area contributed by atoms with Crippen molar-refractivity contribution in [3.05, 3.63) is 64.2 Å². The number of carbonyl (C=O) groups excluding carboxylic acids is 1. The van der Waals surface area contributed by atoms with Crippen LogP contribution in [0.3, 0.4) is 0 Å². The summed E-state index contributed by atoms with van der Waals surface area (Å²) in [5, 5.41) is 3.08. The van der Waals surface area contributed by atoms with E-state index in [0.29, 0.717) is 6.54 Å². The molecule has 0 saturated heterocycles. The summed E-state index contributed by atoms with van der Waals surface area (Å²) in [6.07, 6.45) is 2.97. The highest BCUT2D eigenvalue weighted by molar-refractivity contribution is 7.90. The van der Waals surface area contributed by atoms with Gasteiger partial charge < -0.3 is 5.32 Å². The van der Waals surface area contributed by atoms with Gasteiger partial charge in [0.2, 0.25) is 0 Å². The van der Waals surface area contributed by atoms with E-state index in [-0.39, 0.29) is 21.4 Å². The number of nitrogens with zero attached hydrogens (tertiary/aromatic N) is 1. The molecule has 2 aromatic rings. The van der Waals surface area contributed by atoms with Gasteiger partial charge in [-0.25, -0.2) is 8.42 Å². The maximum absolute atomic E-state index is 12.4. The number of rotatable bonds is 6. The summed E-state index contributed by atoms with van der Waals surface area (Å²) in [6, 6.07) is 12.7. The van der Waals surface area contributed by atoms with Gasteiger partial charge in [0.15, 0.2) is 9.84 Å². The van der Waals surface area contributed by atoms with Crippen LogP contribution < -0.4 is 5.32 Å². The summed E-state index contributed by atoms with van der Waals surface area (Å²) in [5.41, 5.74) is 2.98. The molecule has 0 fully saturated rings. The predicted molar refractivity (Wildman–Crippen MR) is 107 cm³/mol. The minimum Gasteiger partial charge on any atom is -0.352 e. The molecule has 1 aliphatic rings. The van der Waals surface area contributed by atoms with E-state index in [0.717, 1.165) is 38.7 Å².